The van der Waals surface area contributed by atoms with E-state index >= 15 is 0 Å². The second kappa shape index (κ2) is 11.7. The second-order valence-corrected chi connectivity index (χ2v) is 9.94. The molecule has 3 aromatic carbocycles. The van der Waals surface area contributed by atoms with Crippen molar-refractivity contribution in [3.05, 3.63) is 88.9 Å². The van der Waals surface area contributed by atoms with Crippen molar-refractivity contribution in [2.24, 2.45) is 0 Å². The van der Waals surface area contributed by atoms with Crippen molar-refractivity contribution in [2.45, 2.75) is 17.1 Å². The van der Waals surface area contributed by atoms with Gasteiger partial charge in [0, 0.05) is 16.1 Å². The van der Waals surface area contributed by atoms with Gasteiger partial charge in [-0.1, -0.05) is 47.7 Å². The van der Waals surface area contributed by atoms with Crippen LogP contribution in [0.1, 0.15) is 26.2 Å². The number of thioether (sulfide) groups is 1. The maximum Gasteiger partial charge on any atom is 0.255 e. The van der Waals surface area contributed by atoms with Crippen LogP contribution in [-0.2, 0) is 4.79 Å². The summed E-state index contributed by atoms with van der Waals surface area (Å²) in [6.07, 6.45) is 0. The van der Waals surface area contributed by atoms with E-state index in [1.54, 1.807) is 31.4 Å². The van der Waals surface area contributed by atoms with E-state index in [1.807, 2.05) is 55.5 Å². The first kappa shape index (κ1) is 25.2. The first-order chi connectivity index (χ1) is 17.5. The van der Waals surface area contributed by atoms with Gasteiger partial charge in [-0.05, 0) is 48.9 Å². The molecule has 1 unspecified atom stereocenters. The molecule has 2 amide bonds. The first-order valence-corrected chi connectivity index (χ1v) is 12.6. The summed E-state index contributed by atoms with van der Waals surface area (Å²) >= 11 is 2.70. The van der Waals surface area contributed by atoms with Crippen LogP contribution in [0, 0.1) is 6.92 Å². The lowest BCUT2D eigenvalue weighted by Crippen LogP contribution is -2.19. The van der Waals surface area contributed by atoms with E-state index in [0.29, 0.717) is 27.9 Å². The molecule has 4 aromatic rings. The third kappa shape index (κ3) is 6.21. The Morgan fingerprint density at radius 3 is 2.36 bits per heavy atom. The summed E-state index contributed by atoms with van der Waals surface area (Å²) in [6.45, 7) is 1.83. The SMILES string of the molecule is COc1ccc(C(=O)Nc2cccc(SC(C(=O)Nc3nnc(C)s3)c3ccccc3)c2)cc1OC. The number of hydrogen-bond donors (Lipinski definition) is 2. The number of rotatable bonds is 9. The number of amides is 2. The van der Waals surface area contributed by atoms with Gasteiger partial charge < -0.3 is 14.8 Å². The van der Waals surface area contributed by atoms with Gasteiger partial charge in [0.05, 0.1) is 14.2 Å². The lowest BCUT2D eigenvalue weighted by atomic mass is 10.1. The predicted molar refractivity (Wildman–Crippen MR) is 142 cm³/mol. The van der Waals surface area contributed by atoms with E-state index in [9.17, 15) is 9.59 Å². The molecule has 184 valence electrons. The molecule has 0 aliphatic heterocycles. The van der Waals surface area contributed by atoms with Crippen LogP contribution in [0.15, 0.2) is 77.7 Å². The highest BCUT2D eigenvalue weighted by Crippen LogP contribution is 2.37. The quantitative estimate of drug-likeness (QED) is 0.277. The number of anilines is 2. The zero-order chi connectivity index (χ0) is 25.5. The Balaban J connectivity index is 1.52. The summed E-state index contributed by atoms with van der Waals surface area (Å²) in [7, 11) is 3.06. The van der Waals surface area contributed by atoms with E-state index < -0.39 is 5.25 Å². The molecule has 0 spiro atoms. The molecule has 1 atom stereocenters. The number of aryl methyl sites for hydroxylation is 1. The summed E-state index contributed by atoms with van der Waals surface area (Å²) in [5.41, 5.74) is 1.88. The normalized spacial score (nSPS) is 11.4. The number of carbonyl (C=O) groups is 2. The smallest absolute Gasteiger partial charge is 0.255 e. The molecule has 0 saturated carbocycles. The molecule has 0 aliphatic rings. The lowest BCUT2D eigenvalue weighted by Gasteiger charge is -2.17. The van der Waals surface area contributed by atoms with Crippen LogP contribution < -0.4 is 20.1 Å². The number of nitrogens with one attached hydrogen (secondary N) is 2. The topological polar surface area (TPSA) is 102 Å². The fourth-order valence-corrected chi connectivity index (χ4v) is 5.06. The monoisotopic (exact) mass is 520 g/mol. The van der Waals surface area contributed by atoms with E-state index in [0.717, 1.165) is 15.5 Å². The van der Waals surface area contributed by atoms with Gasteiger partial charge in [-0.3, -0.25) is 14.9 Å². The van der Waals surface area contributed by atoms with Crippen LogP contribution in [0.2, 0.25) is 0 Å². The number of hydrogen-bond acceptors (Lipinski definition) is 8. The maximum atomic E-state index is 13.2. The van der Waals surface area contributed by atoms with Gasteiger partial charge in [0.15, 0.2) is 11.5 Å². The molecule has 4 rings (SSSR count). The van der Waals surface area contributed by atoms with Gasteiger partial charge in [0.2, 0.25) is 11.0 Å². The number of benzene rings is 3. The Hall–Kier alpha value is -3.89. The van der Waals surface area contributed by atoms with Gasteiger partial charge in [0.25, 0.3) is 5.91 Å². The van der Waals surface area contributed by atoms with Crippen LogP contribution in [0.5, 0.6) is 11.5 Å². The van der Waals surface area contributed by atoms with Gasteiger partial charge in [-0.2, -0.15) is 0 Å². The minimum Gasteiger partial charge on any atom is -0.493 e. The minimum atomic E-state index is -0.535. The van der Waals surface area contributed by atoms with Crippen LogP contribution >= 0.6 is 23.1 Å². The molecule has 0 fully saturated rings. The van der Waals surface area contributed by atoms with Gasteiger partial charge in [0.1, 0.15) is 10.3 Å². The van der Waals surface area contributed by atoms with Crippen molar-refractivity contribution in [3.63, 3.8) is 0 Å². The Morgan fingerprint density at radius 2 is 1.67 bits per heavy atom. The van der Waals surface area contributed by atoms with Crippen LogP contribution in [0.25, 0.3) is 0 Å². The van der Waals surface area contributed by atoms with E-state index in [2.05, 4.69) is 20.8 Å². The highest BCUT2D eigenvalue weighted by Gasteiger charge is 2.23. The Bertz CT molecular complexity index is 1360. The molecule has 8 nitrogen and oxygen atoms in total. The lowest BCUT2D eigenvalue weighted by molar-refractivity contribution is -0.115. The number of aromatic nitrogens is 2. The average molecular weight is 521 g/mol. The van der Waals surface area contributed by atoms with E-state index in [-0.39, 0.29) is 11.8 Å². The Kier molecular flexibility index (Phi) is 8.19. The molecular weight excluding hydrogens is 496 g/mol. The summed E-state index contributed by atoms with van der Waals surface area (Å²) in [4.78, 5) is 26.9. The van der Waals surface area contributed by atoms with E-state index in [1.165, 1.54) is 30.2 Å². The molecule has 1 aromatic heterocycles. The van der Waals surface area contributed by atoms with Crippen LogP contribution in [-0.4, -0.2) is 36.2 Å². The molecule has 0 radical (unpaired) electrons. The average Bonchev–Trinajstić information content (AvgIpc) is 3.31. The third-order valence-corrected chi connectivity index (χ3v) is 7.09. The highest BCUT2D eigenvalue weighted by atomic mass is 32.2. The number of nitrogens with zero attached hydrogens (tertiary/aromatic N) is 2. The fraction of sp³-hybridized carbons (Fsp3) is 0.154. The third-order valence-electron chi connectivity index (χ3n) is 5.09. The number of methoxy groups -OCH3 is 2. The maximum absolute atomic E-state index is 13.2. The molecule has 36 heavy (non-hydrogen) atoms. The number of ether oxygens (including phenoxy) is 2. The van der Waals surface area contributed by atoms with Crippen molar-refractivity contribution >= 4 is 45.7 Å². The molecule has 2 N–H and O–H groups in total. The Labute approximate surface area is 217 Å². The van der Waals surface area contributed by atoms with Crippen molar-refractivity contribution in [1.82, 2.24) is 10.2 Å². The van der Waals surface area contributed by atoms with Crippen molar-refractivity contribution in [1.29, 1.82) is 0 Å². The molecule has 10 heteroatoms. The van der Waals surface area contributed by atoms with Gasteiger partial charge in [-0.15, -0.1) is 22.0 Å². The zero-order valence-electron chi connectivity index (χ0n) is 19.8. The highest BCUT2D eigenvalue weighted by molar-refractivity contribution is 8.00. The van der Waals surface area contributed by atoms with Crippen molar-refractivity contribution in [2.75, 3.05) is 24.9 Å². The van der Waals surface area contributed by atoms with Crippen molar-refractivity contribution in [3.8, 4) is 11.5 Å². The standard InChI is InChI=1S/C26H24N4O4S2/c1-16-29-30-26(35-16)28-25(32)23(17-8-5-4-6-9-17)36-20-11-7-10-19(15-20)27-24(31)18-12-13-21(33-2)22(14-18)34-3/h4-15,23H,1-3H3,(H,27,31)(H,28,30,32). The van der Waals surface area contributed by atoms with Gasteiger partial charge in [-0.25, -0.2) is 0 Å². The fourth-order valence-electron chi connectivity index (χ4n) is 3.38. The molecule has 0 aliphatic carbocycles. The second-order valence-electron chi connectivity index (χ2n) is 7.58. The largest absolute Gasteiger partial charge is 0.493 e. The Morgan fingerprint density at radius 1 is 0.889 bits per heavy atom. The molecule has 0 bridgehead atoms. The van der Waals surface area contributed by atoms with E-state index in [4.69, 9.17) is 9.47 Å². The number of carbonyl (C=O) groups excluding carboxylic acids is 2. The first-order valence-electron chi connectivity index (χ1n) is 10.9. The summed E-state index contributed by atoms with van der Waals surface area (Å²) in [6, 6.07) is 21.8. The van der Waals surface area contributed by atoms with Gasteiger partial charge >= 0.3 is 0 Å². The molecular formula is C26H24N4O4S2. The summed E-state index contributed by atoms with van der Waals surface area (Å²) in [5, 5.41) is 14.4. The molecule has 1 heterocycles. The predicted octanol–water partition coefficient (Wildman–Crippen LogP) is 5.59. The summed E-state index contributed by atoms with van der Waals surface area (Å²) < 4.78 is 10.5. The minimum absolute atomic E-state index is 0.206. The summed E-state index contributed by atoms with van der Waals surface area (Å²) in [5.74, 6) is 0.516. The zero-order valence-corrected chi connectivity index (χ0v) is 21.5. The van der Waals surface area contributed by atoms with Crippen LogP contribution in [0.3, 0.4) is 0 Å². The molecule has 0 saturated heterocycles. The van der Waals surface area contributed by atoms with Crippen molar-refractivity contribution < 1.29 is 19.1 Å². The van der Waals surface area contributed by atoms with Crippen LogP contribution in [0.4, 0.5) is 10.8 Å².